The zero-order valence-corrected chi connectivity index (χ0v) is 9.64. The summed E-state index contributed by atoms with van der Waals surface area (Å²) < 4.78 is 14.6. The van der Waals surface area contributed by atoms with Gasteiger partial charge in [0.2, 0.25) is 0 Å². The van der Waals surface area contributed by atoms with Crippen LogP contribution in [0, 0.1) is 0 Å². The summed E-state index contributed by atoms with van der Waals surface area (Å²) in [5, 5.41) is 8.46. The molecule has 1 aliphatic heterocycles. The zero-order valence-electron chi connectivity index (χ0n) is 8.88. The second-order valence-electron chi connectivity index (χ2n) is 3.39. The van der Waals surface area contributed by atoms with Crippen molar-refractivity contribution in [2.45, 2.75) is 37.7 Å². The van der Waals surface area contributed by atoms with E-state index in [4.69, 9.17) is 25.8 Å². The van der Waals surface area contributed by atoms with Gasteiger partial charge in [-0.1, -0.05) is 0 Å². The highest BCUT2D eigenvalue weighted by molar-refractivity contribution is 6.21. The number of halogens is 1. The predicted molar refractivity (Wildman–Crippen MR) is 52.7 cm³/mol. The van der Waals surface area contributed by atoms with Gasteiger partial charge in [0, 0.05) is 13.8 Å². The fourth-order valence-corrected chi connectivity index (χ4v) is 1.64. The first-order chi connectivity index (χ1) is 7.41. The number of esters is 2. The predicted octanol–water partition coefficient (Wildman–Crippen LogP) is -0.194. The molecule has 0 aromatic heterocycles. The molecule has 0 unspecified atom stereocenters. The first-order valence-electron chi connectivity index (χ1n) is 4.70. The molecule has 1 fully saturated rings. The molecule has 0 radical (unpaired) electrons. The maximum atomic E-state index is 10.8. The fourth-order valence-electron chi connectivity index (χ4n) is 1.37. The van der Waals surface area contributed by atoms with E-state index in [-0.39, 0.29) is 6.61 Å². The average molecular weight is 253 g/mol. The van der Waals surface area contributed by atoms with Gasteiger partial charge in [-0.15, -0.1) is 11.6 Å². The number of rotatable bonds is 3. The van der Waals surface area contributed by atoms with Gasteiger partial charge in [-0.05, 0) is 0 Å². The van der Waals surface area contributed by atoms with Gasteiger partial charge >= 0.3 is 11.9 Å². The Morgan fingerprint density at radius 2 is 2.00 bits per heavy atom. The lowest BCUT2D eigenvalue weighted by molar-refractivity contribution is -0.159. The van der Waals surface area contributed by atoms with E-state index in [1.807, 2.05) is 0 Å². The Morgan fingerprint density at radius 3 is 2.50 bits per heavy atom. The fraction of sp³-hybridized carbons (Fsp3) is 0.778. The number of ether oxygens (including phenoxy) is 3. The molecule has 1 heterocycles. The summed E-state index contributed by atoms with van der Waals surface area (Å²) in [5.41, 5.74) is 0. The first kappa shape index (κ1) is 13.2. The van der Waals surface area contributed by atoms with E-state index < -0.39 is 35.8 Å². The van der Waals surface area contributed by atoms with Crippen LogP contribution in [0.1, 0.15) is 13.8 Å². The lowest BCUT2D eigenvalue weighted by Crippen LogP contribution is -2.36. The molecule has 0 saturated carbocycles. The van der Waals surface area contributed by atoms with E-state index in [0.29, 0.717) is 0 Å². The van der Waals surface area contributed by atoms with Gasteiger partial charge in [0.1, 0.15) is 18.1 Å². The molecule has 16 heavy (non-hydrogen) atoms. The minimum absolute atomic E-state index is 0.117. The normalized spacial score (nSPS) is 33.5. The second-order valence-corrected chi connectivity index (χ2v) is 3.89. The monoisotopic (exact) mass is 252 g/mol. The van der Waals surface area contributed by atoms with Crippen LogP contribution >= 0.6 is 11.6 Å². The number of aliphatic hydroxyl groups is 1. The van der Waals surface area contributed by atoms with Gasteiger partial charge in [0.15, 0.2) is 12.4 Å². The number of hydrogen-bond acceptors (Lipinski definition) is 6. The van der Waals surface area contributed by atoms with Gasteiger partial charge in [0.25, 0.3) is 0 Å². The molecule has 1 N–H and O–H groups in total. The summed E-state index contributed by atoms with van der Waals surface area (Å²) in [4.78, 5) is 21.4. The molecular formula is C9H13ClO6. The molecule has 0 aromatic carbocycles. The highest BCUT2D eigenvalue weighted by Crippen LogP contribution is 2.27. The van der Waals surface area contributed by atoms with Crippen molar-refractivity contribution in [3.05, 3.63) is 0 Å². The molecule has 7 heteroatoms. The van der Waals surface area contributed by atoms with Crippen molar-refractivity contribution >= 4 is 23.5 Å². The number of hydrogen-bond donors (Lipinski definition) is 1. The molecule has 6 nitrogen and oxygen atoms in total. The molecule has 0 amide bonds. The number of carbonyl (C=O) groups is 2. The summed E-state index contributed by atoms with van der Waals surface area (Å²) in [6.45, 7) is 2.34. The molecule has 1 saturated heterocycles. The third-order valence-electron chi connectivity index (χ3n) is 2.02. The molecular weight excluding hydrogens is 240 g/mol. The van der Waals surface area contributed by atoms with Crippen LogP contribution < -0.4 is 0 Å². The van der Waals surface area contributed by atoms with Crippen LogP contribution in [-0.2, 0) is 23.8 Å². The lowest BCUT2D eigenvalue weighted by Gasteiger charge is -2.18. The standard InChI is InChI=1S/C9H13ClO6/c1-4(11)14-3-6-8(15-5(2)12)7(10)9(13)16-6/h6-9,13H,3H2,1-2H3/t6-,7+,8-,9-/m1/s1. The maximum Gasteiger partial charge on any atom is 0.303 e. The van der Waals surface area contributed by atoms with Crippen molar-refractivity contribution in [1.29, 1.82) is 0 Å². The van der Waals surface area contributed by atoms with Crippen molar-refractivity contribution in [2.24, 2.45) is 0 Å². The van der Waals surface area contributed by atoms with Crippen LogP contribution in [-0.4, -0.2) is 47.5 Å². The van der Waals surface area contributed by atoms with Gasteiger partial charge in [-0.25, -0.2) is 0 Å². The highest BCUT2D eigenvalue weighted by atomic mass is 35.5. The van der Waals surface area contributed by atoms with E-state index in [9.17, 15) is 14.7 Å². The van der Waals surface area contributed by atoms with Crippen LogP contribution in [0.4, 0.5) is 0 Å². The number of alkyl halides is 1. The smallest absolute Gasteiger partial charge is 0.303 e. The maximum absolute atomic E-state index is 10.8. The van der Waals surface area contributed by atoms with Crippen LogP contribution in [0.3, 0.4) is 0 Å². The summed E-state index contributed by atoms with van der Waals surface area (Å²) in [6.07, 6.45) is -2.81. The second kappa shape index (κ2) is 5.47. The SMILES string of the molecule is CC(=O)OC[C@H]1O[C@@H](O)[C@@H](Cl)[C@@H]1OC(C)=O. The first-order valence-corrected chi connectivity index (χ1v) is 5.13. The molecule has 0 aromatic rings. The summed E-state index contributed by atoms with van der Waals surface area (Å²) in [5.74, 6) is -1.03. The Morgan fingerprint density at radius 1 is 1.38 bits per heavy atom. The van der Waals surface area contributed by atoms with Crippen molar-refractivity contribution < 1.29 is 28.9 Å². The minimum Gasteiger partial charge on any atom is -0.463 e. The molecule has 1 rings (SSSR count). The quantitative estimate of drug-likeness (QED) is 0.554. The number of carbonyl (C=O) groups excluding carboxylic acids is 2. The Hall–Kier alpha value is -0.850. The molecule has 1 aliphatic rings. The van der Waals surface area contributed by atoms with Crippen LogP contribution in [0.25, 0.3) is 0 Å². The number of aliphatic hydroxyl groups excluding tert-OH is 1. The third kappa shape index (κ3) is 3.33. The molecule has 4 atom stereocenters. The Bertz CT molecular complexity index is 281. The third-order valence-corrected chi connectivity index (χ3v) is 2.48. The van der Waals surface area contributed by atoms with Gasteiger partial charge in [-0.2, -0.15) is 0 Å². The van der Waals surface area contributed by atoms with E-state index in [0.717, 1.165) is 0 Å². The van der Waals surface area contributed by atoms with E-state index in [1.165, 1.54) is 13.8 Å². The van der Waals surface area contributed by atoms with Gasteiger partial charge in [0.05, 0.1) is 0 Å². The largest absolute Gasteiger partial charge is 0.463 e. The average Bonchev–Trinajstić information content (AvgIpc) is 2.42. The Kier molecular flexibility index (Phi) is 4.52. The van der Waals surface area contributed by atoms with Gasteiger partial charge < -0.3 is 19.3 Å². The van der Waals surface area contributed by atoms with Crippen LogP contribution in [0.2, 0.25) is 0 Å². The van der Waals surface area contributed by atoms with Crippen molar-refractivity contribution in [3.8, 4) is 0 Å². The van der Waals surface area contributed by atoms with Crippen LogP contribution in [0.15, 0.2) is 0 Å². The van der Waals surface area contributed by atoms with E-state index >= 15 is 0 Å². The highest BCUT2D eigenvalue weighted by Gasteiger charge is 2.45. The van der Waals surface area contributed by atoms with E-state index in [1.54, 1.807) is 0 Å². The summed E-state index contributed by atoms with van der Waals surface area (Å²) >= 11 is 5.79. The van der Waals surface area contributed by atoms with E-state index in [2.05, 4.69) is 0 Å². The van der Waals surface area contributed by atoms with Gasteiger partial charge in [-0.3, -0.25) is 9.59 Å². The molecule has 0 aliphatic carbocycles. The Balaban J connectivity index is 2.59. The minimum atomic E-state index is -1.24. The van der Waals surface area contributed by atoms with Crippen molar-refractivity contribution in [2.75, 3.05) is 6.61 Å². The zero-order chi connectivity index (χ0) is 12.3. The summed E-state index contributed by atoms with van der Waals surface area (Å²) in [6, 6.07) is 0. The molecule has 0 spiro atoms. The topological polar surface area (TPSA) is 82.1 Å². The Labute approximate surface area is 97.4 Å². The van der Waals surface area contributed by atoms with Crippen LogP contribution in [0.5, 0.6) is 0 Å². The lowest BCUT2D eigenvalue weighted by atomic mass is 10.2. The van der Waals surface area contributed by atoms with Crippen molar-refractivity contribution in [3.63, 3.8) is 0 Å². The molecule has 92 valence electrons. The van der Waals surface area contributed by atoms with Crippen molar-refractivity contribution in [1.82, 2.24) is 0 Å². The summed E-state index contributed by atoms with van der Waals surface area (Å²) in [7, 11) is 0. The molecule has 0 bridgehead atoms.